The number of thioether (sulfide) groups is 1. The van der Waals surface area contributed by atoms with Crippen LogP contribution in [0, 0.1) is 0 Å². The molecule has 0 spiro atoms. The van der Waals surface area contributed by atoms with Crippen molar-refractivity contribution in [3.05, 3.63) is 34.2 Å². The maximum absolute atomic E-state index is 12.5. The summed E-state index contributed by atoms with van der Waals surface area (Å²) in [5, 5.41) is 8.94. The molecule has 3 rings (SSSR count). The van der Waals surface area contributed by atoms with Gasteiger partial charge in [-0.1, -0.05) is 31.2 Å². The van der Waals surface area contributed by atoms with Gasteiger partial charge >= 0.3 is 5.97 Å². The molecule has 0 radical (unpaired) electrons. The number of aliphatic carboxylic acids is 1. The number of fused-ring (bicyclic) bond motifs is 1. The summed E-state index contributed by atoms with van der Waals surface area (Å²) in [4.78, 5) is 26.5. The Morgan fingerprint density at radius 1 is 1.39 bits per heavy atom. The molecule has 1 saturated heterocycles. The van der Waals surface area contributed by atoms with Crippen LogP contribution in [0.25, 0.3) is 6.08 Å². The number of carboxylic acid groups (broad SMARTS) is 1. The van der Waals surface area contributed by atoms with E-state index in [1.165, 1.54) is 5.69 Å². The molecule has 28 heavy (non-hydrogen) atoms. The van der Waals surface area contributed by atoms with E-state index in [0.717, 1.165) is 43.5 Å². The zero-order valence-corrected chi connectivity index (χ0v) is 17.0. The van der Waals surface area contributed by atoms with Gasteiger partial charge in [-0.3, -0.25) is 19.0 Å². The molecule has 1 amide bonds. The number of carbonyl (C=O) groups excluding carboxylic acids is 1. The van der Waals surface area contributed by atoms with Crippen molar-refractivity contribution in [1.29, 1.82) is 0 Å². The average molecular weight is 427 g/mol. The Balaban J connectivity index is 1.85. The first-order valence-corrected chi connectivity index (χ1v) is 11.3. The van der Waals surface area contributed by atoms with Crippen LogP contribution >= 0.6 is 11.8 Å². The van der Waals surface area contributed by atoms with Gasteiger partial charge in [0, 0.05) is 18.8 Å². The number of anilines is 1. The molecule has 1 aromatic carbocycles. The molecule has 1 aromatic rings. The monoisotopic (exact) mass is 426 g/mol. The number of hydrogen-bond donors (Lipinski definition) is 2. The Hall–Kier alpha value is -2.04. The first-order valence-electron chi connectivity index (χ1n) is 8.96. The SMILES string of the molecule is CCCCN1CCc2cc(C=C3SC(S(=O)(=O)O)N(CC(=O)O)C3=O)ccc21. The van der Waals surface area contributed by atoms with Crippen LogP contribution in [0.4, 0.5) is 5.69 Å². The van der Waals surface area contributed by atoms with E-state index in [1.54, 1.807) is 6.08 Å². The molecule has 0 bridgehead atoms. The van der Waals surface area contributed by atoms with Gasteiger partial charge in [-0.15, -0.1) is 0 Å². The molecular weight excluding hydrogens is 404 g/mol. The van der Waals surface area contributed by atoms with Crippen LogP contribution in [0.3, 0.4) is 0 Å². The number of carbonyl (C=O) groups is 2. The Labute approximate surface area is 167 Å². The number of hydrogen-bond acceptors (Lipinski definition) is 6. The number of amides is 1. The first-order chi connectivity index (χ1) is 13.2. The zero-order chi connectivity index (χ0) is 20.5. The third-order valence-corrected chi connectivity index (χ3v) is 7.47. The fourth-order valence-electron chi connectivity index (χ4n) is 3.38. The third-order valence-electron chi connectivity index (χ3n) is 4.69. The largest absolute Gasteiger partial charge is 0.480 e. The van der Waals surface area contributed by atoms with Crippen molar-refractivity contribution in [2.75, 3.05) is 24.5 Å². The fourth-order valence-corrected chi connectivity index (χ4v) is 5.61. The molecule has 0 aromatic heterocycles. The molecule has 2 aliphatic heterocycles. The minimum absolute atomic E-state index is 0.0876. The summed E-state index contributed by atoms with van der Waals surface area (Å²) in [5.41, 5.74) is 3.07. The van der Waals surface area contributed by atoms with Crippen molar-refractivity contribution in [3.8, 4) is 0 Å². The van der Waals surface area contributed by atoms with Crippen LogP contribution in [0.2, 0.25) is 0 Å². The van der Waals surface area contributed by atoms with E-state index >= 15 is 0 Å². The van der Waals surface area contributed by atoms with E-state index in [1.807, 2.05) is 18.2 Å². The molecule has 2 heterocycles. The van der Waals surface area contributed by atoms with E-state index in [-0.39, 0.29) is 4.91 Å². The molecule has 2 aliphatic rings. The molecule has 8 nitrogen and oxygen atoms in total. The highest BCUT2D eigenvalue weighted by atomic mass is 32.3. The average Bonchev–Trinajstić information content (AvgIpc) is 3.15. The summed E-state index contributed by atoms with van der Waals surface area (Å²) in [6.45, 7) is 3.29. The van der Waals surface area contributed by atoms with E-state index in [2.05, 4.69) is 11.8 Å². The zero-order valence-electron chi connectivity index (χ0n) is 15.4. The Bertz CT molecular complexity index is 928. The van der Waals surface area contributed by atoms with Gasteiger partial charge in [-0.25, -0.2) is 0 Å². The number of nitrogens with zero attached hydrogens (tertiary/aromatic N) is 2. The first kappa shape index (κ1) is 20.7. The maximum atomic E-state index is 12.5. The molecule has 1 fully saturated rings. The van der Waals surface area contributed by atoms with Crippen LogP contribution in [0.15, 0.2) is 23.1 Å². The Morgan fingerprint density at radius 3 is 2.79 bits per heavy atom. The van der Waals surface area contributed by atoms with Crippen molar-refractivity contribution in [2.45, 2.75) is 30.9 Å². The van der Waals surface area contributed by atoms with Crippen LogP contribution in [-0.2, 0) is 26.1 Å². The maximum Gasteiger partial charge on any atom is 0.323 e. The second-order valence-corrected chi connectivity index (χ2v) is 9.65. The second kappa shape index (κ2) is 8.14. The summed E-state index contributed by atoms with van der Waals surface area (Å²) in [7, 11) is -4.62. The van der Waals surface area contributed by atoms with E-state index in [9.17, 15) is 22.6 Å². The van der Waals surface area contributed by atoms with Crippen LogP contribution in [0.5, 0.6) is 0 Å². The summed E-state index contributed by atoms with van der Waals surface area (Å²) in [5.74, 6) is -2.08. The molecule has 1 unspecified atom stereocenters. The molecule has 1 atom stereocenters. The second-order valence-electron chi connectivity index (χ2n) is 6.75. The van der Waals surface area contributed by atoms with Crippen LogP contribution in [0.1, 0.15) is 30.9 Å². The minimum atomic E-state index is -4.62. The standard InChI is InChI=1S/C18H22N2O6S2/c1-2-3-7-19-8-6-13-9-12(4-5-14(13)19)10-15-17(23)20(11-16(21)22)18(27-15)28(24,25)26/h4-5,9-10,18H,2-3,6-8,11H2,1H3,(H,21,22)(H,24,25,26). The van der Waals surface area contributed by atoms with Gasteiger partial charge in [0.2, 0.25) is 4.71 Å². The summed E-state index contributed by atoms with van der Waals surface area (Å²) >= 11 is 0.641. The van der Waals surface area contributed by atoms with Crippen molar-refractivity contribution in [1.82, 2.24) is 4.90 Å². The van der Waals surface area contributed by atoms with Gasteiger partial charge in [0.1, 0.15) is 6.54 Å². The summed E-state index contributed by atoms with van der Waals surface area (Å²) < 4.78 is 30.8. The smallest absolute Gasteiger partial charge is 0.323 e. The van der Waals surface area contributed by atoms with Gasteiger partial charge in [-0.05, 0) is 42.2 Å². The van der Waals surface area contributed by atoms with Gasteiger partial charge in [0.05, 0.1) is 4.91 Å². The molecule has 2 N–H and O–H groups in total. The lowest BCUT2D eigenvalue weighted by Gasteiger charge is -2.18. The minimum Gasteiger partial charge on any atom is -0.480 e. The van der Waals surface area contributed by atoms with E-state index < -0.39 is 33.2 Å². The van der Waals surface area contributed by atoms with Crippen molar-refractivity contribution in [3.63, 3.8) is 0 Å². The van der Waals surface area contributed by atoms with Crippen molar-refractivity contribution >= 4 is 45.5 Å². The predicted octanol–water partition coefficient (Wildman–Crippen LogP) is 2.02. The van der Waals surface area contributed by atoms with Crippen LogP contribution in [-0.4, -0.2) is 59.2 Å². The Morgan fingerprint density at radius 2 is 2.14 bits per heavy atom. The normalized spacial score (nSPS) is 20.9. The van der Waals surface area contributed by atoms with Gasteiger partial charge < -0.3 is 10.0 Å². The van der Waals surface area contributed by atoms with Crippen molar-refractivity contribution < 1.29 is 27.7 Å². The lowest BCUT2D eigenvalue weighted by molar-refractivity contribution is -0.142. The summed E-state index contributed by atoms with van der Waals surface area (Å²) in [6, 6.07) is 5.81. The van der Waals surface area contributed by atoms with E-state index in [4.69, 9.17) is 5.11 Å². The number of rotatable bonds is 7. The fraction of sp³-hybridized carbons (Fsp3) is 0.444. The van der Waals surface area contributed by atoms with E-state index in [0.29, 0.717) is 16.7 Å². The van der Waals surface area contributed by atoms with Crippen LogP contribution < -0.4 is 4.90 Å². The topological polar surface area (TPSA) is 115 Å². The molecule has 0 aliphatic carbocycles. The highest BCUT2D eigenvalue weighted by Crippen LogP contribution is 2.39. The summed E-state index contributed by atoms with van der Waals surface area (Å²) in [6.07, 6.45) is 4.68. The highest BCUT2D eigenvalue weighted by molar-refractivity contribution is 8.15. The molecule has 152 valence electrons. The quantitative estimate of drug-likeness (QED) is 0.503. The highest BCUT2D eigenvalue weighted by Gasteiger charge is 2.44. The van der Waals surface area contributed by atoms with Crippen molar-refractivity contribution in [2.24, 2.45) is 0 Å². The third kappa shape index (κ3) is 4.34. The number of carboxylic acids is 1. The Kier molecular flexibility index (Phi) is 6.01. The predicted molar refractivity (Wildman–Crippen MR) is 108 cm³/mol. The van der Waals surface area contributed by atoms with Gasteiger partial charge in [0.25, 0.3) is 16.0 Å². The molecule has 0 saturated carbocycles. The van der Waals surface area contributed by atoms with Gasteiger partial charge in [-0.2, -0.15) is 8.42 Å². The lowest BCUT2D eigenvalue weighted by atomic mass is 10.1. The number of benzene rings is 1. The molecule has 10 heteroatoms. The lowest BCUT2D eigenvalue weighted by Crippen LogP contribution is -2.40. The number of unbranched alkanes of at least 4 members (excludes halogenated alkanes) is 1. The molecular formula is C18H22N2O6S2. The van der Waals surface area contributed by atoms with Gasteiger partial charge in [0.15, 0.2) is 0 Å².